The molecule has 3 rings (SSSR count). The molecule has 24 heavy (non-hydrogen) atoms. The Hall–Kier alpha value is -2.83. The fourth-order valence-corrected chi connectivity index (χ4v) is 2.71. The summed E-state index contributed by atoms with van der Waals surface area (Å²) in [5.74, 6) is -0.238. The van der Waals surface area contributed by atoms with Gasteiger partial charge in [-0.2, -0.15) is 0 Å². The van der Waals surface area contributed by atoms with E-state index < -0.39 is 11.8 Å². The van der Waals surface area contributed by atoms with Crippen molar-refractivity contribution in [1.29, 1.82) is 0 Å². The molecule has 0 bridgehead atoms. The molecule has 0 spiro atoms. The number of para-hydroxylation sites is 1. The van der Waals surface area contributed by atoms with Gasteiger partial charge in [-0.3, -0.25) is 4.79 Å². The number of aromatic nitrogens is 1. The van der Waals surface area contributed by atoms with E-state index in [9.17, 15) is 14.0 Å². The third-order valence-electron chi connectivity index (χ3n) is 3.91. The van der Waals surface area contributed by atoms with Crippen LogP contribution in [0.25, 0.3) is 0 Å². The fraction of sp³-hybridized carbons (Fsp3) is 0.294. The van der Waals surface area contributed by atoms with Crippen LogP contribution in [0.15, 0.2) is 35.3 Å². The van der Waals surface area contributed by atoms with E-state index in [-0.39, 0.29) is 17.4 Å². The maximum Gasteiger partial charge on any atom is 0.319 e. The predicted octanol–water partition coefficient (Wildman–Crippen LogP) is 2.86. The van der Waals surface area contributed by atoms with Crippen LogP contribution in [-0.4, -0.2) is 17.6 Å². The number of fused-ring (bicyclic) bond motifs is 1. The van der Waals surface area contributed by atoms with Crippen LogP contribution in [0, 0.1) is 12.7 Å². The number of aryl methyl sites for hydroxylation is 1. The lowest BCUT2D eigenvalue weighted by Crippen LogP contribution is -2.32. The van der Waals surface area contributed by atoms with Crippen molar-refractivity contribution in [2.45, 2.75) is 25.8 Å². The summed E-state index contributed by atoms with van der Waals surface area (Å²) in [4.78, 5) is 26.1. The van der Waals surface area contributed by atoms with Crippen molar-refractivity contribution in [2.75, 3.05) is 11.9 Å². The Labute approximate surface area is 138 Å². The molecule has 2 heterocycles. The number of anilines is 1. The van der Waals surface area contributed by atoms with Crippen LogP contribution in [-0.2, 0) is 0 Å². The van der Waals surface area contributed by atoms with E-state index in [4.69, 9.17) is 4.74 Å². The standard InChI is InChI=1S/C17H18FN3O3/c1-10-8-11(9-19-16(10)22)20-17(23)21-14-6-3-7-24-15-12(14)4-2-5-13(15)18/h2,4-5,8-9,14H,3,6-7H2,1H3,(H,19,22)(H2,20,21,23)/t14-/m1/s1. The normalized spacial score (nSPS) is 16.5. The monoisotopic (exact) mass is 331 g/mol. The summed E-state index contributed by atoms with van der Waals surface area (Å²) in [7, 11) is 0. The Morgan fingerprint density at radius 1 is 1.42 bits per heavy atom. The summed E-state index contributed by atoms with van der Waals surface area (Å²) in [6, 6.07) is 5.50. The molecule has 1 atom stereocenters. The average Bonchev–Trinajstić information content (AvgIpc) is 2.75. The lowest BCUT2D eigenvalue weighted by molar-refractivity contribution is 0.247. The van der Waals surface area contributed by atoms with E-state index in [2.05, 4.69) is 15.6 Å². The number of benzene rings is 1. The molecular weight excluding hydrogens is 313 g/mol. The van der Waals surface area contributed by atoms with E-state index >= 15 is 0 Å². The second-order valence-corrected chi connectivity index (χ2v) is 5.70. The second-order valence-electron chi connectivity index (χ2n) is 5.70. The Bertz CT molecular complexity index is 819. The zero-order chi connectivity index (χ0) is 17.1. The van der Waals surface area contributed by atoms with Crippen LogP contribution in [0.5, 0.6) is 5.75 Å². The van der Waals surface area contributed by atoms with Gasteiger partial charge in [-0.1, -0.05) is 12.1 Å². The maximum absolute atomic E-state index is 13.9. The lowest BCUT2D eigenvalue weighted by Gasteiger charge is -2.19. The van der Waals surface area contributed by atoms with Crippen LogP contribution in [0.3, 0.4) is 0 Å². The number of carbonyl (C=O) groups is 1. The summed E-state index contributed by atoms with van der Waals surface area (Å²) in [5, 5.41) is 5.50. The topological polar surface area (TPSA) is 83.2 Å². The van der Waals surface area contributed by atoms with Gasteiger partial charge in [-0.15, -0.1) is 0 Å². The first-order valence-electron chi connectivity index (χ1n) is 7.72. The van der Waals surface area contributed by atoms with E-state index in [1.807, 2.05) is 0 Å². The highest BCUT2D eigenvalue weighted by Crippen LogP contribution is 2.33. The van der Waals surface area contributed by atoms with E-state index in [1.165, 1.54) is 12.3 Å². The van der Waals surface area contributed by atoms with Crippen LogP contribution in [0.2, 0.25) is 0 Å². The minimum atomic E-state index is -0.433. The van der Waals surface area contributed by atoms with Crippen molar-refractivity contribution < 1.29 is 13.9 Å². The molecule has 126 valence electrons. The molecule has 0 saturated carbocycles. The number of carbonyl (C=O) groups excluding carboxylic acids is 1. The minimum absolute atomic E-state index is 0.195. The van der Waals surface area contributed by atoms with Gasteiger partial charge >= 0.3 is 6.03 Å². The number of urea groups is 1. The van der Waals surface area contributed by atoms with E-state index in [0.717, 1.165) is 0 Å². The molecule has 1 aliphatic heterocycles. The Morgan fingerprint density at radius 3 is 3.04 bits per heavy atom. The van der Waals surface area contributed by atoms with Crippen molar-refractivity contribution in [3.63, 3.8) is 0 Å². The van der Waals surface area contributed by atoms with Crippen molar-refractivity contribution in [2.24, 2.45) is 0 Å². The molecule has 6 nitrogen and oxygen atoms in total. The van der Waals surface area contributed by atoms with Gasteiger partial charge in [0.25, 0.3) is 5.56 Å². The van der Waals surface area contributed by atoms with E-state index in [0.29, 0.717) is 36.3 Å². The quantitative estimate of drug-likeness (QED) is 0.791. The number of rotatable bonds is 2. The van der Waals surface area contributed by atoms with Gasteiger partial charge in [0.05, 0.1) is 18.3 Å². The smallest absolute Gasteiger partial charge is 0.319 e. The first-order chi connectivity index (χ1) is 11.5. The number of hydrogen-bond donors (Lipinski definition) is 3. The molecule has 7 heteroatoms. The van der Waals surface area contributed by atoms with Gasteiger partial charge in [-0.25, -0.2) is 9.18 Å². The Balaban J connectivity index is 1.75. The van der Waals surface area contributed by atoms with Crippen LogP contribution < -0.4 is 20.9 Å². The third-order valence-corrected chi connectivity index (χ3v) is 3.91. The van der Waals surface area contributed by atoms with Crippen molar-refractivity contribution in [3.05, 3.63) is 57.8 Å². The molecular formula is C17H18FN3O3. The number of pyridine rings is 1. The highest BCUT2D eigenvalue weighted by Gasteiger charge is 2.23. The van der Waals surface area contributed by atoms with Crippen molar-refractivity contribution >= 4 is 11.7 Å². The maximum atomic E-state index is 13.9. The number of aromatic amines is 1. The molecule has 1 aliphatic rings. The first-order valence-corrected chi connectivity index (χ1v) is 7.72. The largest absolute Gasteiger partial charge is 0.490 e. The number of H-pyrrole nitrogens is 1. The first kappa shape index (κ1) is 16.0. The summed E-state index contributed by atoms with van der Waals surface area (Å²) in [5.41, 5.74) is 1.41. The number of nitrogens with one attached hydrogen (secondary N) is 3. The third kappa shape index (κ3) is 3.40. The molecule has 0 aliphatic carbocycles. The lowest BCUT2D eigenvalue weighted by atomic mass is 10.0. The van der Waals surface area contributed by atoms with Crippen LogP contribution in [0.1, 0.15) is 30.0 Å². The molecule has 1 aromatic heterocycles. The Morgan fingerprint density at radius 2 is 2.25 bits per heavy atom. The highest BCUT2D eigenvalue weighted by atomic mass is 19.1. The Kier molecular flexibility index (Phi) is 4.50. The van der Waals surface area contributed by atoms with E-state index in [1.54, 1.807) is 25.1 Å². The number of amides is 2. The van der Waals surface area contributed by atoms with Gasteiger partial charge in [0.2, 0.25) is 0 Å². The molecule has 2 amide bonds. The number of hydrogen-bond acceptors (Lipinski definition) is 3. The second kappa shape index (κ2) is 6.74. The minimum Gasteiger partial charge on any atom is -0.490 e. The number of ether oxygens (including phenoxy) is 1. The molecule has 0 radical (unpaired) electrons. The fourth-order valence-electron chi connectivity index (χ4n) is 2.71. The van der Waals surface area contributed by atoms with Gasteiger partial charge in [0.15, 0.2) is 11.6 Å². The van der Waals surface area contributed by atoms with Crippen molar-refractivity contribution in [3.8, 4) is 5.75 Å². The van der Waals surface area contributed by atoms with Gasteiger partial charge in [0.1, 0.15) is 0 Å². The summed E-state index contributed by atoms with van der Waals surface area (Å²) < 4.78 is 19.4. The SMILES string of the molecule is Cc1cc(NC(=O)N[C@@H]2CCCOc3c(F)cccc32)c[nH]c1=O. The van der Waals surface area contributed by atoms with Gasteiger partial charge in [0, 0.05) is 17.3 Å². The van der Waals surface area contributed by atoms with Crippen molar-refractivity contribution in [1.82, 2.24) is 10.3 Å². The van der Waals surface area contributed by atoms with Crippen LogP contribution in [0.4, 0.5) is 14.9 Å². The number of halogens is 1. The molecule has 0 fully saturated rings. The van der Waals surface area contributed by atoms with Crippen LogP contribution >= 0.6 is 0 Å². The highest BCUT2D eigenvalue weighted by molar-refractivity contribution is 5.89. The molecule has 0 unspecified atom stereocenters. The van der Waals surface area contributed by atoms with Gasteiger partial charge in [-0.05, 0) is 31.9 Å². The zero-order valence-electron chi connectivity index (χ0n) is 13.2. The molecule has 1 aromatic carbocycles. The molecule has 2 aromatic rings. The zero-order valence-corrected chi connectivity index (χ0v) is 13.2. The summed E-state index contributed by atoms with van der Waals surface area (Å²) >= 11 is 0. The predicted molar refractivity (Wildman–Crippen MR) is 87.8 cm³/mol. The average molecular weight is 331 g/mol. The molecule has 0 saturated heterocycles. The molecule has 3 N–H and O–H groups in total. The van der Waals surface area contributed by atoms with Gasteiger partial charge < -0.3 is 20.4 Å². The summed E-state index contributed by atoms with van der Waals surface area (Å²) in [6.45, 7) is 2.07. The summed E-state index contributed by atoms with van der Waals surface area (Å²) in [6.07, 6.45) is 2.78.